The van der Waals surface area contributed by atoms with Gasteiger partial charge in [0.1, 0.15) is 0 Å². The molecule has 0 spiro atoms. The molecule has 1 unspecified atom stereocenters. The van der Waals surface area contributed by atoms with Crippen molar-refractivity contribution in [1.82, 2.24) is 14.8 Å². The summed E-state index contributed by atoms with van der Waals surface area (Å²) in [4.78, 5) is 24.7. The van der Waals surface area contributed by atoms with Gasteiger partial charge >= 0.3 is 0 Å². The fraction of sp³-hybridized carbons (Fsp3) is 0.500. The summed E-state index contributed by atoms with van der Waals surface area (Å²) in [6.07, 6.45) is 3.44. The second-order valence-corrected chi connectivity index (χ2v) is 8.41. The van der Waals surface area contributed by atoms with Crippen LogP contribution < -0.4 is 4.90 Å². The molecule has 2 aliphatic heterocycles. The largest absolute Gasteiger partial charge is 0.369 e. The van der Waals surface area contributed by atoms with E-state index in [0.717, 1.165) is 63.4 Å². The molecule has 2 aliphatic rings. The van der Waals surface area contributed by atoms with Gasteiger partial charge in [-0.1, -0.05) is 30.3 Å². The standard InChI is InChI=1S/C24H32N4O/c1-19-17-21(27-15-13-26(2)14-16-27)18-22(25-19)23-9-6-12-28(23)24(29)11-10-20-7-4-3-5-8-20/h3-5,7-8,17-18,23H,6,9-16H2,1-2H3. The first-order valence-corrected chi connectivity index (χ1v) is 10.9. The van der Waals surface area contributed by atoms with E-state index in [1.54, 1.807) is 0 Å². The highest BCUT2D eigenvalue weighted by Gasteiger charge is 2.31. The van der Waals surface area contributed by atoms with Crippen molar-refractivity contribution < 1.29 is 4.79 Å². The fourth-order valence-corrected chi connectivity index (χ4v) is 4.51. The Morgan fingerprint density at radius 1 is 1.07 bits per heavy atom. The number of nitrogens with zero attached hydrogens (tertiary/aromatic N) is 4. The Hall–Kier alpha value is -2.40. The third-order valence-corrected chi connectivity index (χ3v) is 6.21. The Kier molecular flexibility index (Phi) is 6.14. The van der Waals surface area contributed by atoms with E-state index in [1.165, 1.54) is 11.3 Å². The molecule has 154 valence electrons. The van der Waals surface area contributed by atoms with Crippen LogP contribution in [0.2, 0.25) is 0 Å². The van der Waals surface area contributed by atoms with Crippen LogP contribution in [0.5, 0.6) is 0 Å². The zero-order valence-electron chi connectivity index (χ0n) is 17.7. The van der Waals surface area contributed by atoms with Crippen LogP contribution in [0.1, 0.15) is 42.3 Å². The van der Waals surface area contributed by atoms with E-state index in [-0.39, 0.29) is 11.9 Å². The SMILES string of the molecule is Cc1cc(N2CCN(C)CC2)cc(C2CCCN2C(=O)CCc2ccccc2)n1. The molecule has 4 rings (SSSR count). The number of rotatable bonds is 5. The number of likely N-dealkylation sites (tertiary alicyclic amines) is 1. The first-order chi connectivity index (χ1) is 14.1. The normalized spacial score (nSPS) is 20.3. The van der Waals surface area contributed by atoms with E-state index >= 15 is 0 Å². The van der Waals surface area contributed by atoms with Gasteiger partial charge in [0, 0.05) is 50.5 Å². The van der Waals surface area contributed by atoms with Gasteiger partial charge in [-0.2, -0.15) is 0 Å². The molecule has 3 heterocycles. The Balaban J connectivity index is 1.47. The number of aromatic nitrogens is 1. The summed E-state index contributed by atoms with van der Waals surface area (Å²) in [6, 6.07) is 14.8. The van der Waals surface area contributed by atoms with Crippen LogP contribution in [0.25, 0.3) is 0 Å². The molecule has 1 aromatic heterocycles. The predicted molar refractivity (Wildman–Crippen MR) is 117 cm³/mol. The fourth-order valence-electron chi connectivity index (χ4n) is 4.51. The van der Waals surface area contributed by atoms with Gasteiger partial charge in [0.05, 0.1) is 11.7 Å². The number of hydrogen-bond donors (Lipinski definition) is 0. The molecular formula is C24H32N4O. The first kappa shape index (κ1) is 19.9. The molecule has 5 heteroatoms. The lowest BCUT2D eigenvalue weighted by Gasteiger charge is -2.34. The van der Waals surface area contributed by atoms with Gasteiger partial charge in [0.2, 0.25) is 5.91 Å². The van der Waals surface area contributed by atoms with Crippen molar-refractivity contribution in [3.63, 3.8) is 0 Å². The number of anilines is 1. The summed E-state index contributed by atoms with van der Waals surface area (Å²) in [5.74, 6) is 0.251. The lowest BCUT2D eigenvalue weighted by atomic mass is 10.1. The van der Waals surface area contributed by atoms with Crippen molar-refractivity contribution in [3.8, 4) is 0 Å². The second kappa shape index (κ2) is 8.95. The maximum Gasteiger partial charge on any atom is 0.223 e. The van der Waals surface area contributed by atoms with Crippen LogP contribution in [-0.2, 0) is 11.2 Å². The van der Waals surface area contributed by atoms with Crippen molar-refractivity contribution >= 4 is 11.6 Å². The number of likely N-dealkylation sites (N-methyl/N-ethyl adjacent to an activating group) is 1. The number of amides is 1. The van der Waals surface area contributed by atoms with Crippen LogP contribution >= 0.6 is 0 Å². The zero-order valence-corrected chi connectivity index (χ0v) is 17.7. The van der Waals surface area contributed by atoms with Crippen molar-refractivity contribution in [2.75, 3.05) is 44.7 Å². The number of aryl methyl sites for hydroxylation is 2. The van der Waals surface area contributed by atoms with Crippen molar-refractivity contribution in [2.45, 2.75) is 38.6 Å². The number of pyridine rings is 1. The van der Waals surface area contributed by atoms with Crippen LogP contribution in [0.4, 0.5) is 5.69 Å². The second-order valence-electron chi connectivity index (χ2n) is 8.41. The monoisotopic (exact) mass is 392 g/mol. The molecule has 2 fully saturated rings. The van der Waals surface area contributed by atoms with E-state index < -0.39 is 0 Å². The van der Waals surface area contributed by atoms with Gasteiger partial charge in [-0.05, 0) is 50.9 Å². The van der Waals surface area contributed by atoms with Gasteiger partial charge in [0.15, 0.2) is 0 Å². The Bertz CT molecular complexity index is 830. The Morgan fingerprint density at radius 3 is 2.59 bits per heavy atom. The van der Waals surface area contributed by atoms with Gasteiger partial charge in [-0.25, -0.2) is 0 Å². The van der Waals surface area contributed by atoms with E-state index in [9.17, 15) is 4.79 Å². The Morgan fingerprint density at radius 2 is 1.83 bits per heavy atom. The zero-order chi connectivity index (χ0) is 20.2. The maximum absolute atomic E-state index is 13.0. The molecule has 0 radical (unpaired) electrons. The van der Waals surface area contributed by atoms with Crippen LogP contribution in [-0.4, -0.2) is 60.5 Å². The summed E-state index contributed by atoms with van der Waals surface area (Å²) in [5, 5.41) is 0. The highest BCUT2D eigenvalue weighted by molar-refractivity contribution is 5.77. The molecule has 1 atom stereocenters. The molecule has 1 amide bonds. The molecule has 2 saturated heterocycles. The molecule has 5 nitrogen and oxygen atoms in total. The highest BCUT2D eigenvalue weighted by atomic mass is 16.2. The van der Waals surface area contributed by atoms with Crippen LogP contribution in [0.3, 0.4) is 0 Å². The molecule has 29 heavy (non-hydrogen) atoms. The van der Waals surface area contributed by atoms with Gasteiger partial charge in [0.25, 0.3) is 0 Å². The van der Waals surface area contributed by atoms with E-state index in [1.807, 2.05) is 18.2 Å². The topological polar surface area (TPSA) is 39.7 Å². The third-order valence-electron chi connectivity index (χ3n) is 6.21. The van der Waals surface area contributed by atoms with Crippen molar-refractivity contribution in [2.24, 2.45) is 0 Å². The van der Waals surface area contributed by atoms with Gasteiger partial charge < -0.3 is 14.7 Å². The first-order valence-electron chi connectivity index (χ1n) is 10.9. The number of piperazine rings is 1. The number of hydrogen-bond acceptors (Lipinski definition) is 4. The smallest absolute Gasteiger partial charge is 0.223 e. The maximum atomic E-state index is 13.0. The number of carbonyl (C=O) groups excluding carboxylic acids is 1. The predicted octanol–water partition coefficient (Wildman–Crippen LogP) is 3.44. The Labute approximate surface area is 174 Å². The number of benzene rings is 1. The van der Waals surface area contributed by atoms with Crippen LogP contribution in [0.15, 0.2) is 42.5 Å². The number of carbonyl (C=O) groups is 1. The molecule has 0 aliphatic carbocycles. The lowest BCUT2D eigenvalue weighted by Crippen LogP contribution is -2.44. The summed E-state index contributed by atoms with van der Waals surface area (Å²) in [6.45, 7) is 7.18. The van der Waals surface area contributed by atoms with E-state index in [2.05, 4.69) is 52.9 Å². The summed E-state index contributed by atoms with van der Waals surface area (Å²) < 4.78 is 0. The molecule has 0 N–H and O–H groups in total. The minimum absolute atomic E-state index is 0.115. The molecule has 0 bridgehead atoms. The van der Waals surface area contributed by atoms with Crippen molar-refractivity contribution in [1.29, 1.82) is 0 Å². The van der Waals surface area contributed by atoms with E-state index in [4.69, 9.17) is 4.98 Å². The lowest BCUT2D eigenvalue weighted by molar-refractivity contribution is -0.132. The van der Waals surface area contributed by atoms with E-state index in [0.29, 0.717) is 6.42 Å². The molecule has 1 aromatic carbocycles. The van der Waals surface area contributed by atoms with Crippen LogP contribution in [0, 0.1) is 6.92 Å². The van der Waals surface area contributed by atoms with Gasteiger partial charge in [-0.3, -0.25) is 9.78 Å². The summed E-state index contributed by atoms with van der Waals surface area (Å²) >= 11 is 0. The quantitative estimate of drug-likeness (QED) is 0.782. The average Bonchev–Trinajstić information content (AvgIpc) is 3.23. The third kappa shape index (κ3) is 4.78. The molecule has 2 aromatic rings. The summed E-state index contributed by atoms with van der Waals surface area (Å²) in [5.41, 5.74) is 4.58. The molecule has 0 saturated carbocycles. The minimum Gasteiger partial charge on any atom is -0.369 e. The average molecular weight is 393 g/mol. The highest BCUT2D eigenvalue weighted by Crippen LogP contribution is 2.33. The molecular weight excluding hydrogens is 360 g/mol. The summed E-state index contributed by atoms with van der Waals surface area (Å²) in [7, 11) is 2.18. The van der Waals surface area contributed by atoms with Gasteiger partial charge in [-0.15, -0.1) is 0 Å². The minimum atomic E-state index is 0.115. The van der Waals surface area contributed by atoms with Crippen molar-refractivity contribution in [3.05, 3.63) is 59.4 Å².